The molecule has 5 heteroatoms. The first-order chi connectivity index (χ1) is 10.2. The lowest BCUT2D eigenvalue weighted by Crippen LogP contribution is -2.95. The van der Waals surface area contributed by atoms with Gasteiger partial charge in [0, 0.05) is 5.31 Å². The summed E-state index contributed by atoms with van der Waals surface area (Å²) in [4.78, 5) is 12.3. The number of methoxy groups -OCH3 is 1. The minimum atomic E-state index is -0.269. The summed E-state index contributed by atoms with van der Waals surface area (Å²) >= 11 is 0. The van der Waals surface area contributed by atoms with Crippen LogP contribution in [0.5, 0.6) is 0 Å². The Balaban J connectivity index is 1.47. The van der Waals surface area contributed by atoms with Crippen LogP contribution >= 0.6 is 0 Å². The predicted octanol–water partition coefficient (Wildman–Crippen LogP) is 2.52. The topological polar surface area (TPSA) is 44.8 Å². The maximum absolute atomic E-state index is 12.3. The van der Waals surface area contributed by atoms with Crippen molar-refractivity contribution in [3.05, 3.63) is 0 Å². The van der Waals surface area contributed by atoms with Gasteiger partial charge in [0.15, 0.2) is 0 Å². The van der Waals surface area contributed by atoms with E-state index in [4.69, 9.17) is 14.0 Å². The number of ether oxygens (including phenoxy) is 1. The normalized spacial score (nSPS) is 57.7. The Labute approximate surface area is 132 Å². The molecular weight excluding hydrogens is 279 g/mol. The molecule has 0 aromatic carbocycles. The van der Waals surface area contributed by atoms with Gasteiger partial charge in [-0.05, 0) is 63.7 Å². The van der Waals surface area contributed by atoms with Crippen LogP contribution in [0.25, 0.3) is 0 Å². The minimum Gasteiger partial charge on any atom is -0.469 e. The van der Waals surface area contributed by atoms with E-state index < -0.39 is 0 Å². The third kappa shape index (κ3) is 0.951. The van der Waals surface area contributed by atoms with E-state index in [0.29, 0.717) is 29.6 Å². The van der Waals surface area contributed by atoms with E-state index in [0.717, 1.165) is 6.42 Å². The van der Waals surface area contributed by atoms with Crippen molar-refractivity contribution in [3.8, 4) is 0 Å². The summed E-state index contributed by atoms with van der Waals surface area (Å²) in [5, 5.41) is 0.163. The van der Waals surface area contributed by atoms with Gasteiger partial charge >= 0.3 is 13.1 Å². The van der Waals surface area contributed by atoms with E-state index in [9.17, 15) is 4.79 Å². The van der Waals surface area contributed by atoms with Crippen molar-refractivity contribution in [3.63, 3.8) is 0 Å². The van der Waals surface area contributed by atoms with Gasteiger partial charge in [-0.15, -0.1) is 0 Å². The zero-order valence-corrected chi connectivity index (χ0v) is 14.3. The molecule has 5 rings (SSSR count). The van der Waals surface area contributed by atoms with E-state index in [1.807, 2.05) is 0 Å². The van der Waals surface area contributed by atoms with Crippen LogP contribution in [0, 0.1) is 35.0 Å². The SMILES string of the molecule is COC(=O)C12CC3C1C1C2C(C)C31B1OC(C)(C)C(C)(C)O1. The van der Waals surface area contributed by atoms with E-state index >= 15 is 0 Å². The molecule has 0 N–H and O–H groups in total. The molecule has 7 unspecified atom stereocenters. The van der Waals surface area contributed by atoms with Crippen LogP contribution in [0.3, 0.4) is 0 Å². The van der Waals surface area contributed by atoms with Crippen molar-refractivity contribution >= 4 is 13.1 Å². The van der Waals surface area contributed by atoms with E-state index in [-0.39, 0.29) is 35.0 Å². The Hall–Kier alpha value is -0.545. The van der Waals surface area contributed by atoms with Gasteiger partial charge in [-0.1, -0.05) is 6.92 Å². The zero-order chi connectivity index (χ0) is 15.9. The number of fused-ring (bicyclic) bond motifs is 2. The minimum absolute atomic E-state index is 0.0315. The van der Waals surface area contributed by atoms with E-state index in [1.54, 1.807) is 0 Å². The summed E-state index contributed by atoms with van der Waals surface area (Å²) in [7, 11) is 1.42. The average Bonchev–Trinajstić information content (AvgIpc) is 2.64. The monoisotopic (exact) mass is 304 g/mol. The smallest absolute Gasteiger partial charge is 0.465 e. The first-order valence-corrected chi connectivity index (χ1v) is 8.60. The highest BCUT2D eigenvalue weighted by Crippen LogP contribution is 3.00. The first-order valence-electron chi connectivity index (χ1n) is 8.60. The molecule has 4 nitrogen and oxygen atoms in total. The summed E-state index contributed by atoms with van der Waals surface area (Å²) in [6.07, 6.45) is 0.986. The number of carbonyl (C=O) groups is 1. The lowest BCUT2D eigenvalue weighted by Gasteiger charge is -2.96. The highest BCUT2D eigenvalue weighted by atomic mass is 16.7. The van der Waals surface area contributed by atoms with Crippen molar-refractivity contribution in [2.24, 2.45) is 35.0 Å². The highest BCUT2D eigenvalue weighted by Gasteiger charge is 3.00. The molecule has 7 atom stereocenters. The molecule has 0 amide bonds. The van der Waals surface area contributed by atoms with E-state index in [2.05, 4.69) is 34.6 Å². The Kier molecular flexibility index (Phi) is 2.08. The molecule has 1 aliphatic heterocycles. The molecule has 5 aliphatic rings. The first kappa shape index (κ1) is 13.9. The van der Waals surface area contributed by atoms with Gasteiger partial charge < -0.3 is 14.0 Å². The van der Waals surface area contributed by atoms with Crippen molar-refractivity contribution < 1.29 is 18.8 Å². The Bertz CT molecular complexity index is 568. The Morgan fingerprint density at radius 1 is 1.09 bits per heavy atom. The number of hydrogen-bond donors (Lipinski definition) is 0. The number of esters is 1. The molecule has 1 saturated heterocycles. The van der Waals surface area contributed by atoms with Gasteiger partial charge in [-0.25, -0.2) is 0 Å². The molecule has 0 spiro atoms. The molecule has 0 aromatic heterocycles. The second-order valence-corrected chi connectivity index (χ2v) is 9.30. The standard InChI is InChI=1S/C17H25BO4/c1-8-10-12-11-9(7-16(10,11)13(19)20-6)17(8,12)18-21-14(2,3)15(4,5)22-18/h8-12H,7H2,1-6H3. The van der Waals surface area contributed by atoms with Crippen molar-refractivity contribution in [1.29, 1.82) is 0 Å². The molecule has 4 aliphatic carbocycles. The van der Waals surface area contributed by atoms with Crippen LogP contribution in [0.4, 0.5) is 0 Å². The summed E-state index contributed by atoms with van der Waals surface area (Å²) < 4.78 is 17.9. The van der Waals surface area contributed by atoms with Crippen molar-refractivity contribution in [2.45, 2.75) is 57.6 Å². The molecule has 22 heavy (non-hydrogen) atoms. The van der Waals surface area contributed by atoms with Gasteiger partial charge in [0.05, 0.1) is 23.7 Å². The molecule has 1 heterocycles. The average molecular weight is 304 g/mol. The predicted molar refractivity (Wildman–Crippen MR) is 81.0 cm³/mol. The summed E-state index contributed by atoms with van der Waals surface area (Å²) in [5.74, 6) is 2.77. The summed E-state index contributed by atoms with van der Waals surface area (Å²) in [5.41, 5.74) is -0.681. The van der Waals surface area contributed by atoms with Crippen LogP contribution in [-0.2, 0) is 18.8 Å². The number of rotatable bonds is 2. The van der Waals surface area contributed by atoms with E-state index in [1.165, 1.54) is 7.11 Å². The second-order valence-electron chi connectivity index (χ2n) is 9.30. The van der Waals surface area contributed by atoms with Gasteiger partial charge in [0.25, 0.3) is 0 Å². The fraction of sp³-hybridized carbons (Fsp3) is 0.941. The molecule has 5 fully saturated rings. The second kappa shape index (κ2) is 3.30. The summed E-state index contributed by atoms with van der Waals surface area (Å²) in [6, 6.07) is 0. The van der Waals surface area contributed by atoms with Crippen LogP contribution in [0.2, 0.25) is 5.31 Å². The van der Waals surface area contributed by atoms with Crippen LogP contribution < -0.4 is 0 Å². The fourth-order valence-electron chi connectivity index (χ4n) is 7.15. The van der Waals surface area contributed by atoms with Crippen molar-refractivity contribution in [1.82, 2.24) is 0 Å². The molecule has 120 valence electrons. The number of hydrogen-bond acceptors (Lipinski definition) is 4. The molecule has 0 bridgehead atoms. The maximum Gasteiger partial charge on any atom is 0.465 e. The largest absolute Gasteiger partial charge is 0.469 e. The summed E-state index contributed by atoms with van der Waals surface area (Å²) in [6.45, 7) is 10.8. The van der Waals surface area contributed by atoms with Crippen LogP contribution in [0.15, 0.2) is 0 Å². The van der Waals surface area contributed by atoms with Gasteiger partial charge in [-0.3, -0.25) is 4.79 Å². The Morgan fingerprint density at radius 3 is 2.09 bits per heavy atom. The van der Waals surface area contributed by atoms with Gasteiger partial charge in [0.1, 0.15) is 0 Å². The number of carbonyl (C=O) groups excluding carboxylic acids is 1. The lowest BCUT2D eigenvalue weighted by atomic mass is 9.02. The maximum atomic E-state index is 12.3. The fourth-order valence-corrected chi connectivity index (χ4v) is 7.15. The lowest BCUT2D eigenvalue weighted by molar-refractivity contribution is -0.436. The molecule has 4 saturated carbocycles. The molecular formula is C17H25BO4. The Morgan fingerprint density at radius 2 is 1.68 bits per heavy atom. The van der Waals surface area contributed by atoms with Gasteiger partial charge in [-0.2, -0.15) is 0 Å². The molecule has 0 aromatic rings. The third-order valence-electron chi connectivity index (χ3n) is 8.73. The van der Waals surface area contributed by atoms with Crippen molar-refractivity contribution in [2.75, 3.05) is 7.11 Å². The zero-order valence-electron chi connectivity index (χ0n) is 14.3. The highest BCUT2D eigenvalue weighted by molar-refractivity contribution is 6.51. The van der Waals surface area contributed by atoms with Crippen LogP contribution in [-0.4, -0.2) is 31.4 Å². The van der Waals surface area contributed by atoms with Crippen LogP contribution in [0.1, 0.15) is 41.0 Å². The molecule has 0 radical (unpaired) electrons. The van der Waals surface area contributed by atoms with Gasteiger partial charge in [0.2, 0.25) is 0 Å². The quantitative estimate of drug-likeness (QED) is 0.581. The third-order valence-corrected chi connectivity index (χ3v) is 8.73.